The molecule has 6 heteroatoms. The van der Waals surface area contributed by atoms with Crippen LogP contribution in [0.4, 0.5) is 10.6 Å². The van der Waals surface area contributed by atoms with Crippen LogP contribution in [0.3, 0.4) is 0 Å². The maximum Gasteiger partial charge on any atom is 0.413 e. The Morgan fingerprint density at radius 2 is 2.09 bits per heavy atom. The van der Waals surface area contributed by atoms with Crippen molar-refractivity contribution in [2.75, 3.05) is 11.4 Å². The maximum atomic E-state index is 11.6. The van der Waals surface area contributed by atoms with Crippen molar-refractivity contribution in [3.8, 4) is 11.3 Å². The van der Waals surface area contributed by atoms with E-state index in [2.05, 4.69) is 9.97 Å². The molecule has 0 aliphatic rings. The molecule has 5 nitrogen and oxygen atoms in total. The SMILES string of the molecule is CCN(C(=O)O)c1nc2cccc(Cl)c2cc1-c1ccccn1. The molecule has 0 aliphatic heterocycles. The summed E-state index contributed by atoms with van der Waals surface area (Å²) in [6.45, 7) is 2.05. The molecule has 0 saturated heterocycles. The normalized spacial score (nSPS) is 10.7. The van der Waals surface area contributed by atoms with E-state index in [0.29, 0.717) is 27.6 Å². The second-order valence-corrected chi connectivity index (χ2v) is 5.32. The second-order valence-electron chi connectivity index (χ2n) is 4.91. The lowest BCUT2D eigenvalue weighted by molar-refractivity contribution is 0.202. The molecule has 1 N–H and O–H groups in total. The third-order valence-electron chi connectivity index (χ3n) is 3.53. The Bertz CT molecular complexity index is 868. The Morgan fingerprint density at radius 1 is 1.26 bits per heavy atom. The fraction of sp³-hybridized carbons (Fsp3) is 0.118. The number of hydrogen-bond acceptors (Lipinski definition) is 3. The fourth-order valence-corrected chi connectivity index (χ4v) is 2.67. The maximum absolute atomic E-state index is 11.6. The van der Waals surface area contributed by atoms with E-state index in [4.69, 9.17) is 11.6 Å². The van der Waals surface area contributed by atoms with Crippen molar-refractivity contribution >= 4 is 34.4 Å². The van der Waals surface area contributed by atoms with Crippen molar-refractivity contribution in [3.05, 3.63) is 53.7 Å². The van der Waals surface area contributed by atoms with Crippen LogP contribution in [0.15, 0.2) is 48.7 Å². The first-order valence-electron chi connectivity index (χ1n) is 7.13. The minimum atomic E-state index is -1.06. The van der Waals surface area contributed by atoms with Crippen molar-refractivity contribution in [1.82, 2.24) is 9.97 Å². The Hall–Kier alpha value is -2.66. The first-order valence-corrected chi connectivity index (χ1v) is 7.50. The van der Waals surface area contributed by atoms with Crippen LogP contribution in [0.1, 0.15) is 6.92 Å². The summed E-state index contributed by atoms with van der Waals surface area (Å²) in [7, 11) is 0. The summed E-state index contributed by atoms with van der Waals surface area (Å²) in [5.41, 5.74) is 1.93. The molecule has 23 heavy (non-hydrogen) atoms. The zero-order valence-corrected chi connectivity index (χ0v) is 13.2. The zero-order chi connectivity index (χ0) is 16.4. The molecule has 1 amide bonds. The largest absolute Gasteiger partial charge is 0.465 e. The smallest absolute Gasteiger partial charge is 0.413 e. The van der Waals surface area contributed by atoms with E-state index in [1.165, 1.54) is 4.90 Å². The van der Waals surface area contributed by atoms with Gasteiger partial charge in [0.25, 0.3) is 0 Å². The highest BCUT2D eigenvalue weighted by Crippen LogP contribution is 2.33. The van der Waals surface area contributed by atoms with Gasteiger partial charge in [0.15, 0.2) is 0 Å². The molecule has 0 saturated carbocycles. The third kappa shape index (κ3) is 2.83. The van der Waals surface area contributed by atoms with Gasteiger partial charge in [0.2, 0.25) is 0 Å². The molecule has 3 aromatic rings. The number of halogens is 1. The molecule has 1 aromatic carbocycles. The van der Waals surface area contributed by atoms with Gasteiger partial charge in [-0.05, 0) is 37.3 Å². The molecular formula is C17H14ClN3O2. The minimum Gasteiger partial charge on any atom is -0.465 e. The number of aromatic nitrogens is 2. The molecule has 116 valence electrons. The lowest BCUT2D eigenvalue weighted by Crippen LogP contribution is -2.30. The van der Waals surface area contributed by atoms with Crippen LogP contribution >= 0.6 is 11.6 Å². The van der Waals surface area contributed by atoms with Gasteiger partial charge in [-0.3, -0.25) is 9.88 Å². The summed E-state index contributed by atoms with van der Waals surface area (Å²) >= 11 is 6.25. The highest BCUT2D eigenvalue weighted by Gasteiger charge is 2.20. The van der Waals surface area contributed by atoms with Crippen molar-refractivity contribution in [2.45, 2.75) is 6.92 Å². The van der Waals surface area contributed by atoms with Crippen LogP contribution in [-0.4, -0.2) is 27.7 Å². The third-order valence-corrected chi connectivity index (χ3v) is 3.86. The van der Waals surface area contributed by atoms with Gasteiger partial charge in [-0.1, -0.05) is 23.7 Å². The molecule has 0 bridgehead atoms. The second kappa shape index (κ2) is 6.22. The molecule has 2 aromatic heterocycles. The summed E-state index contributed by atoms with van der Waals surface area (Å²) in [5.74, 6) is 0.355. The molecule has 3 rings (SSSR count). The minimum absolute atomic E-state index is 0.286. The van der Waals surface area contributed by atoms with E-state index in [9.17, 15) is 9.90 Å². The molecule has 2 heterocycles. The molecular weight excluding hydrogens is 314 g/mol. The number of pyridine rings is 2. The predicted molar refractivity (Wildman–Crippen MR) is 91.0 cm³/mol. The van der Waals surface area contributed by atoms with Crippen LogP contribution in [0.5, 0.6) is 0 Å². The molecule has 0 spiro atoms. The monoisotopic (exact) mass is 327 g/mol. The van der Waals surface area contributed by atoms with E-state index in [1.54, 1.807) is 31.3 Å². The van der Waals surface area contributed by atoms with Gasteiger partial charge in [-0.2, -0.15) is 0 Å². The summed E-state index contributed by atoms with van der Waals surface area (Å²) in [4.78, 5) is 21.6. The Balaban J connectivity index is 2.34. The average Bonchev–Trinajstić information content (AvgIpc) is 2.56. The first kappa shape index (κ1) is 15.2. The van der Waals surface area contributed by atoms with Gasteiger partial charge in [0.05, 0.1) is 11.2 Å². The van der Waals surface area contributed by atoms with Gasteiger partial charge in [0.1, 0.15) is 5.82 Å². The number of fused-ring (bicyclic) bond motifs is 1. The van der Waals surface area contributed by atoms with E-state index in [-0.39, 0.29) is 6.54 Å². The van der Waals surface area contributed by atoms with E-state index >= 15 is 0 Å². The lowest BCUT2D eigenvalue weighted by atomic mass is 10.1. The molecule has 0 atom stereocenters. The molecule has 0 aliphatic carbocycles. The number of benzene rings is 1. The highest BCUT2D eigenvalue weighted by molar-refractivity contribution is 6.35. The summed E-state index contributed by atoms with van der Waals surface area (Å²) in [6, 6.07) is 12.7. The molecule has 0 fully saturated rings. The van der Waals surface area contributed by atoms with Crippen LogP contribution in [0.2, 0.25) is 5.02 Å². The molecule has 0 radical (unpaired) electrons. The highest BCUT2D eigenvalue weighted by atomic mass is 35.5. The number of rotatable bonds is 3. The Morgan fingerprint density at radius 3 is 2.74 bits per heavy atom. The van der Waals surface area contributed by atoms with Gasteiger partial charge in [0, 0.05) is 28.7 Å². The Kier molecular flexibility index (Phi) is 4.12. The van der Waals surface area contributed by atoms with Crippen molar-refractivity contribution in [1.29, 1.82) is 0 Å². The number of carbonyl (C=O) groups is 1. The van der Waals surface area contributed by atoms with Crippen molar-refractivity contribution in [3.63, 3.8) is 0 Å². The van der Waals surface area contributed by atoms with Gasteiger partial charge in [-0.15, -0.1) is 0 Å². The van der Waals surface area contributed by atoms with Gasteiger partial charge < -0.3 is 5.11 Å². The summed E-state index contributed by atoms with van der Waals surface area (Å²) in [6.07, 6.45) is 0.603. The molecule has 0 unspecified atom stereocenters. The summed E-state index contributed by atoms with van der Waals surface area (Å²) < 4.78 is 0. The van der Waals surface area contributed by atoms with Gasteiger partial charge in [-0.25, -0.2) is 9.78 Å². The first-order chi connectivity index (χ1) is 11.1. The average molecular weight is 328 g/mol. The lowest BCUT2D eigenvalue weighted by Gasteiger charge is -2.20. The van der Waals surface area contributed by atoms with Crippen LogP contribution < -0.4 is 4.90 Å². The van der Waals surface area contributed by atoms with Crippen molar-refractivity contribution < 1.29 is 9.90 Å². The quantitative estimate of drug-likeness (QED) is 0.771. The Labute approximate surface area is 138 Å². The fourth-order valence-electron chi connectivity index (χ4n) is 2.44. The number of nitrogens with zero attached hydrogens (tertiary/aromatic N) is 3. The van der Waals surface area contributed by atoms with Crippen LogP contribution in [0.25, 0.3) is 22.2 Å². The van der Waals surface area contributed by atoms with Gasteiger partial charge >= 0.3 is 6.09 Å². The van der Waals surface area contributed by atoms with E-state index < -0.39 is 6.09 Å². The van der Waals surface area contributed by atoms with Crippen molar-refractivity contribution in [2.24, 2.45) is 0 Å². The number of anilines is 1. The number of hydrogen-bond donors (Lipinski definition) is 1. The predicted octanol–water partition coefficient (Wildman–Crippen LogP) is 4.45. The zero-order valence-electron chi connectivity index (χ0n) is 12.4. The number of carboxylic acid groups (broad SMARTS) is 1. The topological polar surface area (TPSA) is 66.3 Å². The van der Waals surface area contributed by atoms with Crippen LogP contribution in [0, 0.1) is 0 Å². The van der Waals surface area contributed by atoms with E-state index in [1.807, 2.05) is 24.3 Å². The number of amides is 1. The standard InChI is InChI=1S/C17H14ClN3O2/c1-2-21(17(22)23)16-12(14-7-3-4-9-19-14)10-11-13(18)6-5-8-15(11)20-16/h3-10H,2H2,1H3,(H,22,23). The van der Waals surface area contributed by atoms with Crippen LogP contribution in [-0.2, 0) is 0 Å². The summed E-state index contributed by atoms with van der Waals surface area (Å²) in [5, 5.41) is 10.8. The van der Waals surface area contributed by atoms with E-state index in [0.717, 1.165) is 5.39 Å².